The van der Waals surface area contributed by atoms with Crippen molar-refractivity contribution in [3.63, 3.8) is 0 Å². The van der Waals surface area contributed by atoms with E-state index >= 15 is 0 Å². The van der Waals surface area contributed by atoms with Gasteiger partial charge in [0.05, 0.1) is 10.2 Å². The van der Waals surface area contributed by atoms with Crippen LogP contribution in [-0.4, -0.2) is 11.2 Å². The van der Waals surface area contributed by atoms with E-state index in [1.165, 1.54) is 6.07 Å². The van der Waals surface area contributed by atoms with Crippen molar-refractivity contribution < 1.29 is 19.0 Å². The molecule has 0 heterocycles. The number of ether oxygens (including phenoxy) is 1. The van der Waals surface area contributed by atoms with E-state index < -0.39 is 11.9 Å². The van der Waals surface area contributed by atoms with Crippen molar-refractivity contribution in [2.45, 2.75) is 6.61 Å². The number of carbonyl (C=O) groups excluding carboxylic acids is 1. The van der Waals surface area contributed by atoms with E-state index in [4.69, 9.17) is 4.74 Å². The predicted octanol–water partition coefficient (Wildman–Crippen LogP) is 4.04. The summed E-state index contributed by atoms with van der Waals surface area (Å²) in [6, 6.07) is 11.3. The second kappa shape index (κ2) is 6.38. The highest BCUT2D eigenvalue weighted by Gasteiger charge is 2.11. The maximum atomic E-state index is 13.5. The van der Waals surface area contributed by atoms with Gasteiger partial charge in [0.15, 0.2) is 5.82 Å². The second-order valence-electron chi connectivity index (χ2n) is 3.97. The van der Waals surface area contributed by atoms with Crippen molar-refractivity contribution in [1.82, 2.24) is 0 Å². The molecule has 0 aliphatic heterocycles. The van der Waals surface area contributed by atoms with Gasteiger partial charge in [0, 0.05) is 6.07 Å². The Bertz CT molecular complexity index is 619. The molecule has 2 N–H and O–H groups in total. The van der Waals surface area contributed by atoms with E-state index in [-0.39, 0.29) is 22.5 Å². The van der Waals surface area contributed by atoms with Gasteiger partial charge in [-0.1, -0.05) is 30.3 Å². The summed E-state index contributed by atoms with van der Waals surface area (Å²) < 4.78 is 18.7. The van der Waals surface area contributed by atoms with Gasteiger partial charge in [-0.25, -0.2) is 9.18 Å². The van der Waals surface area contributed by atoms with Crippen LogP contribution in [0.1, 0.15) is 5.56 Å². The summed E-state index contributed by atoms with van der Waals surface area (Å²) in [5.74, 6) is -0.993. The van der Waals surface area contributed by atoms with E-state index in [2.05, 4.69) is 21.2 Å². The van der Waals surface area contributed by atoms with Gasteiger partial charge in [-0.15, -0.1) is 0 Å². The summed E-state index contributed by atoms with van der Waals surface area (Å²) in [6.07, 6.45) is -0.773. The Morgan fingerprint density at radius 2 is 2.00 bits per heavy atom. The summed E-state index contributed by atoms with van der Waals surface area (Å²) >= 11 is 3.04. The number of hydrogen-bond acceptors (Lipinski definition) is 3. The molecule has 0 fully saturated rings. The van der Waals surface area contributed by atoms with Crippen LogP contribution >= 0.6 is 15.9 Å². The molecule has 0 unspecified atom stereocenters. The Morgan fingerprint density at radius 1 is 1.30 bits per heavy atom. The predicted molar refractivity (Wildman–Crippen MR) is 76.0 cm³/mol. The molecule has 104 valence electrons. The van der Waals surface area contributed by atoms with Crippen LogP contribution in [0.3, 0.4) is 0 Å². The van der Waals surface area contributed by atoms with Crippen LogP contribution in [0.15, 0.2) is 46.9 Å². The first-order chi connectivity index (χ1) is 9.56. The number of rotatable bonds is 3. The molecule has 2 aromatic carbocycles. The highest BCUT2D eigenvalue weighted by molar-refractivity contribution is 9.10. The molecule has 0 spiro atoms. The van der Waals surface area contributed by atoms with Crippen LogP contribution < -0.4 is 5.32 Å². The molecular weight excluding hydrogens is 329 g/mol. The number of amides is 1. The van der Waals surface area contributed by atoms with Crippen LogP contribution in [0, 0.1) is 5.82 Å². The topological polar surface area (TPSA) is 58.6 Å². The highest BCUT2D eigenvalue weighted by Crippen LogP contribution is 2.29. The van der Waals surface area contributed by atoms with Crippen LogP contribution in [0.25, 0.3) is 0 Å². The lowest BCUT2D eigenvalue weighted by Gasteiger charge is -2.09. The number of carbonyl (C=O) groups is 1. The third kappa shape index (κ3) is 3.71. The fraction of sp³-hybridized carbons (Fsp3) is 0.0714. The summed E-state index contributed by atoms with van der Waals surface area (Å²) in [6.45, 7) is 0.0908. The first-order valence-electron chi connectivity index (χ1n) is 5.72. The molecule has 1 amide bonds. The average molecular weight is 340 g/mol. The Kier molecular flexibility index (Phi) is 4.57. The summed E-state index contributed by atoms with van der Waals surface area (Å²) in [4.78, 5) is 11.6. The quantitative estimate of drug-likeness (QED) is 0.829. The molecule has 0 atom stereocenters. The average Bonchev–Trinajstić information content (AvgIpc) is 2.44. The monoisotopic (exact) mass is 339 g/mol. The van der Waals surface area contributed by atoms with E-state index in [9.17, 15) is 14.3 Å². The number of nitrogens with one attached hydrogen (secondary N) is 1. The number of aromatic hydroxyl groups is 1. The lowest BCUT2D eigenvalue weighted by molar-refractivity contribution is 0.155. The highest BCUT2D eigenvalue weighted by atomic mass is 79.9. The second-order valence-corrected chi connectivity index (χ2v) is 4.82. The SMILES string of the molecule is O=C(Nc1cc(Br)c(O)cc1F)OCc1ccccc1. The molecule has 4 nitrogen and oxygen atoms in total. The van der Waals surface area contributed by atoms with Crippen molar-refractivity contribution in [3.05, 3.63) is 58.3 Å². The van der Waals surface area contributed by atoms with Gasteiger partial charge in [0.2, 0.25) is 0 Å². The molecule has 0 saturated heterocycles. The summed E-state index contributed by atoms with van der Waals surface area (Å²) in [5.41, 5.74) is 0.753. The zero-order valence-corrected chi connectivity index (χ0v) is 11.9. The van der Waals surface area contributed by atoms with Crippen molar-refractivity contribution in [3.8, 4) is 5.75 Å². The smallest absolute Gasteiger partial charge is 0.412 e. The van der Waals surface area contributed by atoms with Gasteiger partial charge >= 0.3 is 6.09 Å². The van der Waals surface area contributed by atoms with Crippen molar-refractivity contribution >= 4 is 27.7 Å². The van der Waals surface area contributed by atoms with Crippen molar-refractivity contribution in [1.29, 1.82) is 0 Å². The normalized spacial score (nSPS) is 10.1. The fourth-order valence-electron chi connectivity index (χ4n) is 1.50. The standard InChI is InChI=1S/C14H11BrFNO3/c15-10-6-12(11(16)7-13(10)18)17-14(19)20-8-9-4-2-1-3-5-9/h1-7,18H,8H2,(H,17,19). The molecule has 0 radical (unpaired) electrons. The molecule has 2 aromatic rings. The first-order valence-corrected chi connectivity index (χ1v) is 6.51. The van der Waals surface area contributed by atoms with Gasteiger partial charge in [-0.3, -0.25) is 5.32 Å². The van der Waals surface area contributed by atoms with E-state index in [0.717, 1.165) is 11.6 Å². The Hall–Kier alpha value is -2.08. The third-order valence-electron chi connectivity index (χ3n) is 2.49. The number of anilines is 1. The van der Waals surface area contributed by atoms with Gasteiger partial charge in [-0.2, -0.15) is 0 Å². The van der Waals surface area contributed by atoms with Crippen LogP contribution in [0.2, 0.25) is 0 Å². The third-order valence-corrected chi connectivity index (χ3v) is 3.12. The van der Waals surface area contributed by atoms with Gasteiger partial charge in [0.1, 0.15) is 12.4 Å². The number of benzene rings is 2. The summed E-state index contributed by atoms with van der Waals surface area (Å²) in [5, 5.41) is 11.6. The Balaban J connectivity index is 1.97. The van der Waals surface area contributed by atoms with Crippen molar-refractivity contribution in [2.24, 2.45) is 0 Å². The minimum atomic E-state index is -0.773. The molecule has 6 heteroatoms. The Morgan fingerprint density at radius 3 is 2.70 bits per heavy atom. The lowest BCUT2D eigenvalue weighted by atomic mass is 10.2. The molecule has 0 bridgehead atoms. The molecule has 0 aliphatic carbocycles. The molecule has 20 heavy (non-hydrogen) atoms. The van der Waals surface area contributed by atoms with E-state index in [1.54, 1.807) is 0 Å². The number of phenolic OH excluding ortho intramolecular Hbond substituents is 1. The minimum Gasteiger partial charge on any atom is -0.507 e. The maximum absolute atomic E-state index is 13.5. The van der Waals surface area contributed by atoms with E-state index in [1.807, 2.05) is 30.3 Å². The zero-order valence-electron chi connectivity index (χ0n) is 10.3. The van der Waals surface area contributed by atoms with Gasteiger partial charge in [0.25, 0.3) is 0 Å². The molecule has 0 aromatic heterocycles. The first kappa shape index (κ1) is 14.3. The van der Waals surface area contributed by atoms with Crippen molar-refractivity contribution in [2.75, 3.05) is 5.32 Å². The minimum absolute atomic E-state index is 0.0762. The van der Waals surface area contributed by atoms with E-state index in [0.29, 0.717) is 0 Å². The van der Waals surface area contributed by atoms with Crippen LogP contribution in [0.5, 0.6) is 5.75 Å². The maximum Gasteiger partial charge on any atom is 0.412 e. The van der Waals surface area contributed by atoms with Gasteiger partial charge < -0.3 is 9.84 Å². The largest absolute Gasteiger partial charge is 0.507 e. The molecular formula is C14H11BrFNO3. The number of halogens is 2. The lowest BCUT2D eigenvalue weighted by Crippen LogP contribution is -2.14. The fourth-order valence-corrected chi connectivity index (χ4v) is 1.84. The number of phenols is 1. The number of hydrogen-bond donors (Lipinski definition) is 2. The van der Waals surface area contributed by atoms with Gasteiger partial charge in [-0.05, 0) is 27.6 Å². The van der Waals surface area contributed by atoms with Crippen LogP contribution in [0.4, 0.5) is 14.9 Å². The molecule has 0 aliphatic rings. The molecule has 0 saturated carbocycles. The van der Waals surface area contributed by atoms with Crippen LogP contribution in [-0.2, 0) is 11.3 Å². The Labute approximate surface area is 123 Å². The molecule has 2 rings (SSSR count). The summed E-state index contributed by atoms with van der Waals surface area (Å²) in [7, 11) is 0. The zero-order chi connectivity index (χ0) is 14.5.